The molecule has 0 atom stereocenters. The second kappa shape index (κ2) is 6.31. The van der Waals surface area contributed by atoms with Crippen molar-refractivity contribution in [3.05, 3.63) is 22.4 Å². The van der Waals surface area contributed by atoms with Crippen molar-refractivity contribution in [2.24, 2.45) is 0 Å². The predicted octanol–water partition coefficient (Wildman–Crippen LogP) is 0.585. The van der Waals surface area contributed by atoms with E-state index in [1.54, 1.807) is 0 Å². The number of amides is 1. The van der Waals surface area contributed by atoms with Crippen molar-refractivity contribution in [2.45, 2.75) is 11.8 Å². The van der Waals surface area contributed by atoms with Crippen LogP contribution in [0.5, 0.6) is 0 Å². The number of nitrogens with one attached hydrogen (secondary N) is 2. The van der Waals surface area contributed by atoms with E-state index in [0.29, 0.717) is 0 Å². The molecule has 0 fully saturated rings. The van der Waals surface area contributed by atoms with Gasteiger partial charge in [0.2, 0.25) is 15.9 Å². The number of hydrogen-bond donors (Lipinski definition) is 3. The molecular formula is C10H13BrFN3O3S. The zero-order valence-corrected chi connectivity index (χ0v) is 12.4. The molecule has 6 nitrogen and oxygen atoms in total. The van der Waals surface area contributed by atoms with Gasteiger partial charge in [0.1, 0.15) is 10.7 Å². The molecule has 1 aromatic rings. The molecule has 4 N–H and O–H groups in total. The topological polar surface area (TPSA) is 101 Å². The van der Waals surface area contributed by atoms with E-state index in [2.05, 4.69) is 26.0 Å². The fourth-order valence-electron chi connectivity index (χ4n) is 1.28. The summed E-state index contributed by atoms with van der Waals surface area (Å²) in [5.41, 5.74) is 5.29. The molecule has 0 bridgehead atoms. The molecule has 0 saturated carbocycles. The molecule has 19 heavy (non-hydrogen) atoms. The van der Waals surface area contributed by atoms with Crippen LogP contribution in [0.2, 0.25) is 0 Å². The average Bonchev–Trinajstić information content (AvgIpc) is 2.29. The maximum absolute atomic E-state index is 13.2. The lowest BCUT2D eigenvalue weighted by Gasteiger charge is -2.10. The van der Waals surface area contributed by atoms with Gasteiger partial charge in [0.05, 0.1) is 10.2 Å². The largest absolute Gasteiger partial charge is 0.398 e. The van der Waals surface area contributed by atoms with Crippen molar-refractivity contribution in [2.75, 3.05) is 18.8 Å². The Morgan fingerprint density at radius 1 is 1.42 bits per heavy atom. The molecule has 0 aliphatic rings. The molecule has 0 radical (unpaired) electrons. The van der Waals surface area contributed by atoms with Gasteiger partial charge in [-0.1, -0.05) is 0 Å². The maximum atomic E-state index is 13.2. The molecule has 0 heterocycles. The highest BCUT2D eigenvalue weighted by Crippen LogP contribution is 2.25. The van der Waals surface area contributed by atoms with Crippen molar-refractivity contribution in [3.8, 4) is 0 Å². The van der Waals surface area contributed by atoms with Crippen molar-refractivity contribution >= 4 is 37.5 Å². The number of carbonyl (C=O) groups is 1. The highest BCUT2D eigenvalue weighted by molar-refractivity contribution is 9.10. The molecule has 0 aliphatic carbocycles. The summed E-state index contributed by atoms with van der Waals surface area (Å²) < 4.78 is 39.2. The minimum atomic E-state index is -3.85. The fraction of sp³-hybridized carbons (Fsp3) is 0.300. The Hall–Kier alpha value is -1.19. The first-order valence-electron chi connectivity index (χ1n) is 5.22. The van der Waals surface area contributed by atoms with Crippen molar-refractivity contribution in [1.82, 2.24) is 10.0 Å². The number of sulfonamides is 1. The van der Waals surface area contributed by atoms with Gasteiger partial charge in [-0.05, 0) is 28.1 Å². The highest BCUT2D eigenvalue weighted by atomic mass is 79.9. The number of carbonyl (C=O) groups excluding carboxylic acids is 1. The highest BCUT2D eigenvalue weighted by Gasteiger charge is 2.19. The van der Waals surface area contributed by atoms with E-state index < -0.39 is 15.8 Å². The third kappa shape index (κ3) is 4.44. The number of anilines is 1. The second-order valence-corrected chi connectivity index (χ2v) is 6.27. The van der Waals surface area contributed by atoms with Crippen LogP contribution in [-0.4, -0.2) is 27.4 Å². The molecule has 0 aromatic heterocycles. The monoisotopic (exact) mass is 353 g/mol. The average molecular weight is 354 g/mol. The molecule has 0 unspecified atom stereocenters. The summed E-state index contributed by atoms with van der Waals surface area (Å²) >= 11 is 2.89. The third-order valence-corrected chi connectivity index (χ3v) is 4.26. The fourth-order valence-corrected chi connectivity index (χ4v) is 2.94. The Bertz CT molecular complexity index is 592. The summed E-state index contributed by atoms with van der Waals surface area (Å²) in [7, 11) is -3.85. The summed E-state index contributed by atoms with van der Waals surface area (Å²) in [4.78, 5) is 10.4. The minimum absolute atomic E-state index is 0.00364. The Balaban J connectivity index is 2.83. The molecular weight excluding hydrogens is 341 g/mol. The normalized spacial score (nSPS) is 11.3. The van der Waals surface area contributed by atoms with Crippen molar-refractivity contribution in [3.63, 3.8) is 0 Å². The van der Waals surface area contributed by atoms with Gasteiger partial charge >= 0.3 is 0 Å². The molecule has 1 aromatic carbocycles. The molecule has 9 heteroatoms. The van der Waals surface area contributed by atoms with E-state index in [-0.39, 0.29) is 34.1 Å². The first-order valence-corrected chi connectivity index (χ1v) is 7.50. The molecule has 106 valence electrons. The maximum Gasteiger partial charge on any atom is 0.242 e. The van der Waals surface area contributed by atoms with Gasteiger partial charge in [-0.15, -0.1) is 0 Å². The van der Waals surface area contributed by atoms with Gasteiger partial charge < -0.3 is 11.1 Å². The molecule has 1 amide bonds. The second-order valence-electron chi connectivity index (χ2n) is 3.68. The van der Waals surface area contributed by atoms with Crippen LogP contribution in [-0.2, 0) is 14.8 Å². The third-order valence-electron chi connectivity index (χ3n) is 2.13. The van der Waals surface area contributed by atoms with Gasteiger partial charge in [0.15, 0.2) is 0 Å². The van der Waals surface area contributed by atoms with Crippen LogP contribution in [0.3, 0.4) is 0 Å². The number of hydrogen-bond acceptors (Lipinski definition) is 4. The lowest BCUT2D eigenvalue weighted by molar-refractivity contribution is -0.118. The van der Waals surface area contributed by atoms with E-state index in [1.807, 2.05) is 0 Å². The Morgan fingerprint density at radius 2 is 2.05 bits per heavy atom. The van der Waals surface area contributed by atoms with Crippen LogP contribution in [0.4, 0.5) is 10.1 Å². The van der Waals surface area contributed by atoms with Gasteiger partial charge in [-0.2, -0.15) is 0 Å². The van der Waals surface area contributed by atoms with Crippen LogP contribution in [0.1, 0.15) is 6.92 Å². The van der Waals surface area contributed by atoms with Gasteiger partial charge in [0, 0.05) is 20.0 Å². The van der Waals surface area contributed by atoms with Crippen LogP contribution >= 0.6 is 15.9 Å². The first kappa shape index (κ1) is 15.9. The Morgan fingerprint density at radius 3 is 2.63 bits per heavy atom. The van der Waals surface area contributed by atoms with Crippen LogP contribution in [0.25, 0.3) is 0 Å². The lowest BCUT2D eigenvalue weighted by Crippen LogP contribution is -2.34. The zero-order chi connectivity index (χ0) is 14.6. The van der Waals surface area contributed by atoms with Gasteiger partial charge in [0.25, 0.3) is 0 Å². The number of rotatable bonds is 5. The summed E-state index contributed by atoms with van der Waals surface area (Å²) in [6.07, 6.45) is 0. The van der Waals surface area contributed by atoms with Gasteiger partial charge in [-0.25, -0.2) is 17.5 Å². The minimum Gasteiger partial charge on any atom is -0.398 e. The summed E-state index contributed by atoms with van der Waals surface area (Å²) in [5.74, 6) is -0.905. The number of nitrogen functional groups attached to an aromatic ring is 1. The standard InChI is InChI=1S/C10H13BrFN3O3S/c1-6(16)14-2-3-15-19(17,18)10-4-7(11)8(12)5-9(10)13/h4-5,15H,2-3,13H2,1H3,(H,14,16). The van der Waals surface area contributed by atoms with Gasteiger partial charge in [-0.3, -0.25) is 4.79 Å². The number of benzene rings is 1. The Kier molecular flexibility index (Phi) is 5.27. The Labute approximate surface area is 118 Å². The van der Waals surface area contributed by atoms with E-state index in [9.17, 15) is 17.6 Å². The smallest absolute Gasteiger partial charge is 0.242 e. The summed E-state index contributed by atoms with van der Waals surface area (Å²) in [6.45, 7) is 1.48. The molecule has 0 saturated heterocycles. The predicted molar refractivity (Wildman–Crippen MR) is 72.4 cm³/mol. The molecule has 1 rings (SSSR count). The van der Waals surface area contributed by atoms with Crippen molar-refractivity contribution < 1.29 is 17.6 Å². The molecule has 0 aliphatic heterocycles. The first-order chi connectivity index (χ1) is 8.74. The van der Waals surface area contributed by atoms with E-state index in [4.69, 9.17) is 5.73 Å². The quantitative estimate of drug-likeness (QED) is 0.532. The van der Waals surface area contributed by atoms with Crippen LogP contribution in [0, 0.1) is 5.82 Å². The van der Waals surface area contributed by atoms with Crippen LogP contribution < -0.4 is 15.8 Å². The van der Waals surface area contributed by atoms with Crippen molar-refractivity contribution in [1.29, 1.82) is 0 Å². The van der Waals surface area contributed by atoms with E-state index in [0.717, 1.165) is 12.1 Å². The summed E-state index contributed by atoms with van der Waals surface area (Å²) in [5, 5.41) is 2.44. The zero-order valence-electron chi connectivity index (χ0n) is 10.0. The van der Waals surface area contributed by atoms with Crippen LogP contribution in [0.15, 0.2) is 21.5 Å². The lowest BCUT2D eigenvalue weighted by atomic mass is 10.3. The number of halogens is 2. The number of nitrogens with two attached hydrogens (primary N) is 1. The SMILES string of the molecule is CC(=O)NCCNS(=O)(=O)c1cc(Br)c(F)cc1N. The molecule has 0 spiro atoms. The summed E-state index contributed by atoms with van der Waals surface area (Å²) in [6, 6.07) is 2.01. The van der Waals surface area contributed by atoms with E-state index >= 15 is 0 Å². The van der Waals surface area contributed by atoms with E-state index in [1.165, 1.54) is 6.92 Å².